The monoisotopic (exact) mass is 477 g/mol. The van der Waals surface area contributed by atoms with Crippen LogP contribution in [0.2, 0.25) is 0 Å². The number of anilines is 1. The second-order valence-corrected chi connectivity index (χ2v) is 9.41. The number of carbonyl (C=O) groups is 1. The summed E-state index contributed by atoms with van der Waals surface area (Å²) in [5, 5.41) is 0. The van der Waals surface area contributed by atoms with Gasteiger partial charge < -0.3 is 0 Å². The maximum absolute atomic E-state index is 15.2. The summed E-state index contributed by atoms with van der Waals surface area (Å²) < 4.78 is 0. The van der Waals surface area contributed by atoms with Crippen molar-refractivity contribution in [1.82, 2.24) is 0 Å². The van der Waals surface area contributed by atoms with Gasteiger partial charge in [0.2, 0.25) is 0 Å². The molecular formula is C35H27NO. The predicted molar refractivity (Wildman–Crippen MR) is 152 cm³/mol. The Kier molecular flexibility index (Phi) is 5.78. The summed E-state index contributed by atoms with van der Waals surface area (Å²) >= 11 is 0. The average Bonchev–Trinajstić information content (AvgIpc) is 3.25. The summed E-state index contributed by atoms with van der Waals surface area (Å²) in [5.74, 6) is 0.0199. The van der Waals surface area contributed by atoms with Crippen LogP contribution in [0.4, 0.5) is 5.69 Å². The van der Waals surface area contributed by atoms with Crippen LogP contribution in [-0.4, -0.2) is 5.91 Å². The molecule has 0 unspecified atom stereocenters. The summed E-state index contributed by atoms with van der Waals surface area (Å²) in [7, 11) is 0. The Bertz CT molecular complexity index is 1520. The van der Waals surface area contributed by atoms with Gasteiger partial charge >= 0.3 is 0 Å². The van der Waals surface area contributed by atoms with Gasteiger partial charge in [0, 0.05) is 11.3 Å². The maximum Gasteiger partial charge on any atom is 0.251 e. The van der Waals surface area contributed by atoms with Crippen molar-refractivity contribution in [3.63, 3.8) is 0 Å². The minimum atomic E-state index is -1.03. The van der Waals surface area contributed by atoms with Gasteiger partial charge in [-0.1, -0.05) is 139 Å². The minimum Gasteiger partial charge on any atom is -0.279 e. The van der Waals surface area contributed by atoms with Gasteiger partial charge in [0.05, 0.1) is 5.70 Å². The van der Waals surface area contributed by atoms with Crippen molar-refractivity contribution in [3.8, 4) is 0 Å². The Balaban J connectivity index is 1.80. The van der Waals surface area contributed by atoms with Crippen LogP contribution in [0.25, 0.3) is 11.3 Å². The van der Waals surface area contributed by atoms with Crippen molar-refractivity contribution in [2.24, 2.45) is 0 Å². The SMILES string of the molecule is Cc1ccc(N2C(=O)C(c3ccccc3)(c3ccccc3)C(c3ccccc3)=C2c2ccccc2)cc1. The molecule has 0 atom stereocenters. The first-order valence-corrected chi connectivity index (χ1v) is 12.6. The zero-order chi connectivity index (χ0) is 25.2. The first-order valence-electron chi connectivity index (χ1n) is 12.6. The fraction of sp³-hybridized carbons (Fsp3) is 0.0571. The Hall–Kier alpha value is -4.69. The van der Waals surface area contributed by atoms with Crippen LogP contribution in [0.15, 0.2) is 146 Å². The molecule has 2 heteroatoms. The van der Waals surface area contributed by atoms with Crippen LogP contribution in [0.1, 0.15) is 27.8 Å². The number of benzene rings is 5. The van der Waals surface area contributed by atoms with E-state index in [9.17, 15) is 0 Å². The lowest BCUT2D eigenvalue weighted by Crippen LogP contribution is -2.41. The summed E-state index contributed by atoms with van der Waals surface area (Å²) in [6.07, 6.45) is 0. The molecule has 0 saturated carbocycles. The van der Waals surface area contributed by atoms with Gasteiger partial charge in [-0.2, -0.15) is 0 Å². The molecular weight excluding hydrogens is 450 g/mol. The van der Waals surface area contributed by atoms with Crippen molar-refractivity contribution in [2.75, 3.05) is 4.90 Å². The van der Waals surface area contributed by atoms with E-state index in [0.717, 1.165) is 44.8 Å². The van der Waals surface area contributed by atoms with E-state index in [1.807, 2.05) is 89.8 Å². The zero-order valence-corrected chi connectivity index (χ0v) is 20.7. The third-order valence-corrected chi connectivity index (χ3v) is 7.17. The number of nitrogens with zero attached hydrogens (tertiary/aromatic N) is 1. The maximum atomic E-state index is 15.2. The third-order valence-electron chi connectivity index (χ3n) is 7.17. The smallest absolute Gasteiger partial charge is 0.251 e. The lowest BCUT2D eigenvalue weighted by atomic mass is 9.67. The quantitative estimate of drug-likeness (QED) is 0.252. The molecule has 1 aliphatic rings. The highest BCUT2D eigenvalue weighted by atomic mass is 16.2. The topological polar surface area (TPSA) is 20.3 Å². The number of aryl methyl sites for hydroxylation is 1. The highest BCUT2D eigenvalue weighted by Gasteiger charge is 2.55. The van der Waals surface area contributed by atoms with Gasteiger partial charge in [0.1, 0.15) is 5.41 Å². The average molecular weight is 478 g/mol. The van der Waals surface area contributed by atoms with E-state index in [2.05, 4.69) is 67.6 Å². The van der Waals surface area contributed by atoms with Crippen LogP contribution >= 0.6 is 0 Å². The van der Waals surface area contributed by atoms with Crippen molar-refractivity contribution < 1.29 is 4.79 Å². The van der Waals surface area contributed by atoms with Gasteiger partial charge in [0.25, 0.3) is 5.91 Å². The van der Waals surface area contributed by atoms with E-state index in [1.165, 1.54) is 0 Å². The molecule has 0 aliphatic carbocycles. The van der Waals surface area contributed by atoms with Crippen molar-refractivity contribution >= 4 is 22.9 Å². The normalized spacial score (nSPS) is 14.7. The van der Waals surface area contributed by atoms with Gasteiger partial charge in [-0.15, -0.1) is 0 Å². The summed E-state index contributed by atoms with van der Waals surface area (Å²) in [5.41, 5.74) is 6.82. The van der Waals surface area contributed by atoms with Crippen molar-refractivity contribution in [2.45, 2.75) is 12.3 Å². The molecule has 0 fully saturated rings. The highest BCUT2D eigenvalue weighted by molar-refractivity contribution is 6.30. The van der Waals surface area contributed by atoms with Gasteiger partial charge in [-0.05, 0) is 41.3 Å². The molecule has 1 amide bonds. The zero-order valence-electron chi connectivity index (χ0n) is 20.7. The third kappa shape index (κ3) is 3.70. The molecule has 2 nitrogen and oxygen atoms in total. The number of hydrogen-bond donors (Lipinski definition) is 0. The van der Waals surface area contributed by atoms with Gasteiger partial charge in [0.15, 0.2) is 0 Å². The highest BCUT2D eigenvalue weighted by Crippen LogP contribution is 2.55. The molecule has 5 aromatic rings. The number of hydrogen-bond acceptors (Lipinski definition) is 1. The number of amides is 1. The molecule has 1 aliphatic heterocycles. The van der Waals surface area contributed by atoms with E-state index >= 15 is 4.79 Å². The van der Waals surface area contributed by atoms with Crippen molar-refractivity contribution in [3.05, 3.63) is 173 Å². The second-order valence-electron chi connectivity index (χ2n) is 9.41. The van der Waals surface area contributed by atoms with Gasteiger partial charge in [-0.25, -0.2) is 0 Å². The van der Waals surface area contributed by atoms with E-state index in [-0.39, 0.29) is 5.91 Å². The van der Waals surface area contributed by atoms with Crippen LogP contribution in [0, 0.1) is 6.92 Å². The molecule has 5 aromatic carbocycles. The van der Waals surface area contributed by atoms with Crippen LogP contribution in [-0.2, 0) is 10.2 Å². The predicted octanol–water partition coefficient (Wildman–Crippen LogP) is 7.90. The molecule has 0 aromatic heterocycles. The first kappa shape index (κ1) is 22.8. The van der Waals surface area contributed by atoms with Gasteiger partial charge in [-0.3, -0.25) is 9.69 Å². The van der Waals surface area contributed by atoms with Crippen LogP contribution < -0.4 is 4.90 Å². The number of rotatable bonds is 5. The summed E-state index contributed by atoms with van der Waals surface area (Å²) in [6, 6.07) is 49.3. The molecule has 0 spiro atoms. The van der Waals surface area contributed by atoms with E-state index in [0.29, 0.717) is 0 Å². The first-order chi connectivity index (χ1) is 18.2. The molecule has 37 heavy (non-hydrogen) atoms. The Morgan fingerprint density at radius 2 is 0.946 bits per heavy atom. The molecule has 1 heterocycles. The van der Waals surface area contributed by atoms with E-state index < -0.39 is 5.41 Å². The van der Waals surface area contributed by atoms with E-state index in [1.54, 1.807) is 0 Å². The molecule has 6 rings (SSSR count). The Labute approximate surface area is 218 Å². The molecule has 0 saturated heterocycles. The summed E-state index contributed by atoms with van der Waals surface area (Å²) in [6.45, 7) is 2.07. The lowest BCUT2D eigenvalue weighted by molar-refractivity contribution is -0.119. The van der Waals surface area contributed by atoms with Crippen LogP contribution in [0.5, 0.6) is 0 Å². The fourth-order valence-electron chi connectivity index (χ4n) is 5.51. The summed E-state index contributed by atoms with van der Waals surface area (Å²) in [4.78, 5) is 17.1. The molecule has 178 valence electrons. The fourth-order valence-corrected chi connectivity index (χ4v) is 5.51. The second kappa shape index (κ2) is 9.40. The Morgan fingerprint density at radius 3 is 1.43 bits per heavy atom. The van der Waals surface area contributed by atoms with Crippen LogP contribution in [0.3, 0.4) is 0 Å². The standard InChI is InChI=1S/C35H27NO/c1-26-22-24-31(25-23-26)36-33(28-16-8-3-9-17-28)32(27-14-6-2-7-15-27)35(34(36)37,29-18-10-4-11-19-29)30-20-12-5-13-21-30/h2-25H,1H3. The number of carbonyl (C=O) groups excluding carboxylic acids is 1. The van der Waals surface area contributed by atoms with E-state index in [4.69, 9.17) is 0 Å². The Morgan fingerprint density at radius 1 is 0.514 bits per heavy atom. The lowest BCUT2D eigenvalue weighted by Gasteiger charge is -2.32. The minimum absolute atomic E-state index is 0.0199. The molecule has 0 bridgehead atoms. The van der Waals surface area contributed by atoms with Crippen molar-refractivity contribution in [1.29, 1.82) is 0 Å². The molecule has 0 N–H and O–H groups in total. The molecule has 0 radical (unpaired) electrons. The largest absolute Gasteiger partial charge is 0.279 e.